The van der Waals surface area contributed by atoms with E-state index in [0.29, 0.717) is 42.6 Å². The summed E-state index contributed by atoms with van der Waals surface area (Å²) in [6.45, 7) is 4.81. The van der Waals surface area contributed by atoms with Crippen LogP contribution in [0, 0.1) is 0 Å². The first kappa shape index (κ1) is 32.7. The van der Waals surface area contributed by atoms with Gasteiger partial charge < -0.3 is 24.4 Å². The number of benzene rings is 3. The van der Waals surface area contributed by atoms with Crippen LogP contribution >= 0.6 is 0 Å². The van der Waals surface area contributed by atoms with Crippen LogP contribution in [0.4, 0.5) is 5.69 Å². The number of amides is 2. The predicted molar refractivity (Wildman–Crippen MR) is 170 cm³/mol. The van der Waals surface area contributed by atoms with Gasteiger partial charge in [0.05, 0.1) is 19.1 Å². The highest BCUT2D eigenvalue weighted by molar-refractivity contribution is 7.92. The van der Waals surface area contributed by atoms with E-state index in [1.165, 1.54) is 4.31 Å². The van der Waals surface area contributed by atoms with E-state index in [4.69, 9.17) is 14.2 Å². The summed E-state index contributed by atoms with van der Waals surface area (Å²) in [4.78, 5) is 29.2. The standard InChI is InChI=1S/C33H41N3O7S/c1-24(2)34-33(38)29(21-25-10-6-5-7-11-25)35(23-26-12-8-13-28(20-26)41-3)32(37)14-9-17-36(44(4,39)40)27-15-16-30-31(22-27)43-19-18-42-30/h5-8,10-13,15-16,20,22,24,29H,9,14,17-19,21,23H2,1-4H3,(H,34,38)/t29-/m0/s1. The van der Waals surface area contributed by atoms with Crippen LogP contribution in [0.15, 0.2) is 72.8 Å². The number of methoxy groups -OCH3 is 1. The average molecular weight is 624 g/mol. The Labute approximate surface area is 260 Å². The zero-order chi connectivity index (χ0) is 31.7. The lowest BCUT2D eigenvalue weighted by molar-refractivity contribution is -0.141. The number of fused-ring (bicyclic) bond motifs is 1. The molecule has 1 atom stereocenters. The molecular formula is C33H41N3O7S. The molecule has 1 aliphatic heterocycles. The van der Waals surface area contributed by atoms with Crippen LogP contribution in [0.5, 0.6) is 17.2 Å². The summed E-state index contributed by atoms with van der Waals surface area (Å²) in [6.07, 6.45) is 1.72. The van der Waals surface area contributed by atoms with Crippen molar-refractivity contribution in [2.75, 3.05) is 37.4 Å². The molecule has 1 heterocycles. The summed E-state index contributed by atoms with van der Waals surface area (Å²) in [5, 5.41) is 2.98. The van der Waals surface area contributed by atoms with Crippen LogP contribution < -0.4 is 23.8 Å². The molecule has 0 aliphatic carbocycles. The molecule has 1 N–H and O–H groups in total. The van der Waals surface area contributed by atoms with Gasteiger partial charge in [-0.15, -0.1) is 0 Å². The number of hydrogen-bond acceptors (Lipinski definition) is 7. The highest BCUT2D eigenvalue weighted by Crippen LogP contribution is 2.35. The van der Waals surface area contributed by atoms with Crippen LogP contribution in [0.1, 0.15) is 37.8 Å². The highest BCUT2D eigenvalue weighted by atomic mass is 32.2. The number of hydrogen-bond donors (Lipinski definition) is 1. The number of nitrogens with zero attached hydrogens (tertiary/aromatic N) is 2. The monoisotopic (exact) mass is 623 g/mol. The molecule has 11 heteroatoms. The van der Waals surface area contributed by atoms with Gasteiger partial charge >= 0.3 is 0 Å². The number of sulfonamides is 1. The van der Waals surface area contributed by atoms with Gasteiger partial charge in [0.1, 0.15) is 25.0 Å². The molecule has 0 saturated carbocycles. The van der Waals surface area contributed by atoms with Crippen molar-refractivity contribution in [3.05, 3.63) is 83.9 Å². The number of anilines is 1. The van der Waals surface area contributed by atoms with E-state index in [2.05, 4.69) is 5.32 Å². The lowest BCUT2D eigenvalue weighted by atomic mass is 10.0. The minimum Gasteiger partial charge on any atom is -0.497 e. The third-order valence-electron chi connectivity index (χ3n) is 7.16. The van der Waals surface area contributed by atoms with E-state index in [9.17, 15) is 18.0 Å². The maximum atomic E-state index is 14.0. The second kappa shape index (κ2) is 15.0. The fourth-order valence-electron chi connectivity index (χ4n) is 5.09. The Kier molecular flexibility index (Phi) is 11.1. The summed E-state index contributed by atoms with van der Waals surface area (Å²) < 4.78 is 43.5. The average Bonchev–Trinajstić information content (AvgIpc) is 3.00. The van der Waals surface area contributed by atoms with Crippen molar-refractivity contribution in [2.45, 2.75) is 51.7 Å². The molecule has 3 aromatic rings. The Morgan fingerprint density at radius 2 is 1.64 bits per heavy atom. The first-order valence-corrected chi connectivity index (χ1v) is 16.5. The molecule has 0 fully saturated rings. The first-order valence-electron chi connectivity index (χ1n) is 14.7. The van der Waals surface area contributed by atoms with Gasteiger partial charge in [-0.3, -0.25) is 13.9 Å². The molecule has 44 heavy (non-hydrogen) atoms. The van der Waals surface area contributed by atoms with E-state index in [-0.39, 0.29) is 43.8 Å². The van der Waals surface area contributed by atoms with Crippen LogP contribution in [-0.2, 0) is 32.6 Å². The van der Waals surface area contributed by atoms with Crippen LogP contribution in [0.2, 0.25) is 0 Å². The van der Waals surface area contributed by atoms with E-state index < -0.39 is 16.1 Å². The molecule has 236 valence electrons. The van der Waals surface area contributed by atoms with Crippen molar-refractivity contribution in [2.24, 2.45) is 0 Å². The van der Waals surface area contributed by atoms with Gasteiger partial charge in [-0.1, -0.05) is 42.5 Å². The molecule has 0 radical (unpaired) electrons. The lowest BCUT2D eigenvalue weighted by Gasteiger charge is -2.32. The quantitative estimate of drug-likeness (QED) is 0.287. The fraction of sp³-hybridized carbons (Fsp3) is 0.394. The number of carbonyl (C=O) groups is 2. The molecule has 1 aliphatic rings. The number of carbonyl (C=O) groups excluding carboxylic acids is 2. The normalized spacial score (nSPS) is 13.2. The van der Waals surface area contributed by atoms with Gasteiger partial charge in [0.15, 0.2) is 11.5 Å². The first-order chi connectivity index (χ1) is 21.0. The second-order valence-corrected chi connectivity index (χ2v) is 12.9. The fourth-order valence-corrected chi connectivity index (χ4v) is 6.05. The van der Waals surface area contributed by atoms with E-state index in [0.717, 1.165) is 17.4 Å². The lowest BCUT2D eigenvalue weighted by Crippen LogP contribution is -2.51. The van der Waals surface area contributed by atoms with Gasteiger partial charge in [0.2, 0.25) is 21.8 Å². The molecule has 10 nitrogen and oxygen atoms in total. The van der Waals surface area contributed by atoms with Gasteiger partial charge in [-0.25, -0.2) is 8.42 Å². The Balaban J connectivity index is 1.58. The Morgan fingerprint density at radius 1 is 0.932 bits per heavy atom. The van der Waals surface area contributed by atoms with Crippen molar-refractivity contribution in [1.29, 1.82) is 0 Å². The van der Waals surface area contributed by atoms with Crippen molar-refractivity contribution < 1.29 is 32.2 Å². The molecular weight excluding hydrogens is 582 g/mol. The Hall–Kier alpha value is -4.25. The summed E-state index contributed by atoms with van der Waals surface area (Å²) in [6, 6.07) is 21.0. The molecule has 0 unspecified atom stereocenters. The van der Waals surface area contributed by atoms with E-state index in [1.54, 1.807) is 30.2 Å². The third-order valence-corrected chi connectivity index (χ3v) is 8.35. The van der Waals surface area contributed by atoms with Crippen molar-refractivity contribution >= 4 is 27.5 Å². The molecule has 4 rings (SSSR count). The molecule has 0 saturated heterocycles. The Bertz CT molecular complexity index is 1530. The highest BCUT2D eigenvalue weighted by Gasteiger charge is 2.31. The maximum absolute atomic E-state index is 14.0. The zero-order valence-electron chi connectivity index (χ0n) is 25.7. The van der Waals surface area contributed by atoms with Crippen molar-refractivity contribution in [3.8, 4) is 17.2 Å². The zero-order valence-corrected chi connectivity index (χ0v) is 26.5. The van der Waals surface area contributed by atoms with Crippen LogP contribution in [-0.4, -0.2) is 70.3 Å². The number of rotatable bonds is 14. The van der Waals surface area contributed by atoms with Crippen LogP contribution in [0.3, 0.4) is 0 Å². The van der Waals surface area contributed by atoms with Gasteiger partial charge in [-0.05, 0) is 55.7 Å². The van der Waals surface area contributed by atoms with Crippen molar-refractivity contribution in [3.63, 3.8) is 0 Å². The van der Waals surface area contributed by atoms with Gasteiger partial charge in [0, 0.05) is 38.0 Å². The SMILES string of the molecule is COc1cccc(CN(C(=O)CCCN(c2ccc3c(c2)OCCO3)S(C)(=O)=O)[C@@H](Cc2ccccc2)C(=O)NC(C)C)c1. The molecule has 0 spiro atoms. The molecule has 0 bridgehead atoms. The summed E-state index contributed by atoms with van der Waals surface area (Å²) in [5.41, 5.74) is 2.15. The smallest absolute Gasteiger partial charge is 0.243 e. The topological polar surface area (TPSA) is 114 Å². The number of ether oxygens (including phenoxy) is 3. The van der Waals surface area contributed by atoms with Gasteiger partial charge in [-0.2, -0.15) is 0 Å². The Morgan fingerprint density at radius 3 is 2.32 bits per heavy atom. The predicted octanol–water partition coefficient (Wildman–Crippen LogP) is 4.18. The maximum Gasteiger partial charge on any atom is 0.243 e. The summed E-state index contributed by atoms with van der Waals surface area (Å²) in [5.74, 6) is 1.16. The van der Waals surface area contributed by atoms with E-state index in [1.807, 2.05) is 68.4 Å². The molecule has 2 amide bonds. The van der Waals surface area contributed by atoms with E-state index >= 15 is 0 Å². The molecule has 0 aromatic heterocycles. The largest absolute Gasteiger partial charge is 0.497 e. The van der Waals surface area contributed by atoms with Crippen molar-refractivity contribution in [1.82, 2.24) is 10.2 Å². The summed E-state index contributed by atoms with van der Waals surface area (Å²) >= 11 is 0. The third kappa shape index (κ3) is 8.89. The summed E-state index contributed by atoms with van der Waals surface area (Å²) in [7, 11) is -2.09. The van der Waals surface area contributed by atoms with Gasteiger partial charge in [0.25, 0.3) is 0 Å². The molecule has 3 aromatic carbocycles. The minimum atomic E-state index is -3.67. The number of nitrogens with one attached hydrogen (secondary N) is 1. The minimum absolute atomic E-state index is 0.0286. The second-order valence-electron chi connectivity index (χ2n) is 11.0. The van der Waals surface area contributed by atoms with Crippen LogP contribution in [0.25, 0.3) is 0 Å².